The van der Waals surface area contributed by atoms with Gasteiger partial charge in [0.15, 0.2) is 0 Å². The van der Waals surface area contributed by atoms with Gasteiger partial charge in [0.25, 0.3) is 5.91 Å². The molecule has 2 N–H and O–H groups in total. The van der Waals surface area contributed by atoms with E-state index in [1.165, 1.54) is 16.0 Å². The maximum Gasteiger partial charge on any atom is 0.253 e. The molecule has 0 aliphatic carbocycles. The van der Waals surface area contributed by atoms with E-state index in [2.05, 4.69) is 70.9 Å². The molecule has 1 fully saturated rings. The van der Waals surface area contributed by atoms with E-state index in [1.54, 1.807) is 19.2 Å². The van der Waals surface area contributed by atoms with E-state index >= 15 is 0 Å². The first-order valence-electron chi connectivity index (χ1n) is 13.6. The Morgan fingerprint density at radius 3 is 2.03 bits per heavy atom. The van der Waals surface area contributed by atoms with Gasteiger partial charge in [0.2, 0.25) is 5.91 Å². The molecule has 208 valence electrons. The summed E-state index contributed by atoms with van der Waals surface area (Å²) in [5.41, 5.74) is 4.15. The Bertz CT molecular complexity index is 1110. The van der Waals surface area contributed by atoms with Crippen molar-refractivity contribution in [1.82, 2.24) is 15.1 Å². The Morgan fingerprint density at radius 1 is 0.923 bits per heavy atom. The van der Waals surface area contributed by atoms with Crippen molar-refractivity contribution in [1.29, 1.82) is 0 Å². The fraction of sp³-hybridized carbons (Fsp3) is 0.375. The Balaban J connectivity index is 0.00000420. The minimum atomic E-state index is -0.138. The van der Waals surface area contributed by atoms with Gasteiger partial charge in [-0.15, -0.1) is 12.4 Å². The molecule has 0 bridgehead atoms. The summed E-state index contributed by atoms with van der Waals surface area (Å²) >= 11 is 0. The summed E-state index contributed by atoms with van der Waals surface area (Å²) < 4.78 is 0. The predicted octanol–water partition coefficient (Wildman–Crippen LogP) is 4.52. The highest BCUT2D eigenvalue weighted by Gasteiger charge is 2.22. The lowest BCUT2D eigenvalue weighted by Gasteiger charge is -2.33. The second kappa shape index (κ2) is 15.4. The Kier molecular flexibility index (Phi) is 12.0. The van der Waals surface area contributed by atoms with E-state index in [0.29, 0.717) is 24.4 Å². The van der Waals surface area contributed by atoms with Gasteiger partial charge in [-0.1, -0.05) is 72.8 Å². The van der Waals surface area contributed by atoms with E-state index in [9.17, 15) is 9.59 Å². The number of carbonyl (C=O) groups is 2. The fourth-order valence-electron chi connectivity index (χ4n) is 5.21. The van der Waals surface area contributed by atoms with Crippen molar-refractivity contribution in [3.05, 3.63) is 107 Å². The minimum Gasteiger partial charge on any atom is -0.395 e. The minimum absolute atomic E-state index is 0. The number of hydrogen-bond acceptors (Lipinski definition) is 4. The van der Waals surface area contributed by atoms with E-state index < -0.39 is 0 Å². The average Bonchev–Trinajstić information content (AvgIpc) is 2.95. The highest BCUT2D eigenvalue weighted by molar-refractivity contribution is 5.94. The molecule has 0 unspecified atom stereocenters. The molecule has 1 aliphatic heterocycles. The van der Waals surface area contributed by atoms with Crippen LogP contribution in [0.15, 0.2) is 84.9 Å². The van der Waals surface area contributed by atoms with Crippen molar-refractivity contribution in [3.8, 4) is 0 Å². The van der Waals surface area contributed by atoms with Crippen LogP contribution in [0.4, 0.5) is 0 Å². The predicted molar refractivity (Wildman–Crippen MR) is 158 cm³/mol. The number of amides is 2. The molecule has 1 saturated heterocycles. The number of likely N-dealkylation sites (N-methyl/N-ethyl adjacent to an activating group) is 1. The fourth-order valence-corrected chi connectivity index (χ4v) is 5.21. The summed E-state index contributed by atoms with van der Waals surface area (Å²) in [6, 6.07) is 28.8. The third kappa shape index (κ3) is 8.92. The molecule has 1 aliphatic rings. The van der Waals surface area contributed by atoms with Crippen LogP contribution in [0.1, 0.15) is 52.2 Å². The first-order valence-corrected chi connectivity index (χ1v) is 13.6. The van der Waals surface area contributed by atoms with Gasteiger partial charge >= 0.3 is 0 Å². The van der Waals surface area contributed by atoms with Crippen LogP contribution in [0.3, 0.4) is 0 Å². The van der Waals surface area contributed by atoms with Crippen LogP contribution in [-0.2, 0) is 11.2 Å². The van der Waals surface area contributed by atoms with E-state index in [-0.39, 0.29) is 36.9 Å². The smallest absolute Gasteiger partial charge is 0.253 e. The molecule has 7 heteroatoms. The Morgan fingerprint density at radius 2 is 1.49 bits per heavy atom. The number of likely N-dealkylation sites (tertiary alicyclic amines) is 1. The maximum absolute atomic E-state index is 12.7. The molecule has 1 heterocycles. The van der Waals surface area contributed by atoms with Gasteiger partial charge in [0.1, 0.15) is 0 Å². The highest BCUT2D eigenvalue weighted by Crippen LogP contribution is 2.28. The van der Waals surface area contributed by atoms with Gasteiger partial charge in [0.05, 0.1) is 13.0 Å². The number of rotatable bonds is 11. The van der Waals surface area contributed by atoms with Gasteiger partial charge in [-0.05, 0) is 54.6 Å². The third-order valence-corrected chi connectivity index (χ3v) is 7.44. The molecule has 6 nitrogen and oxygen atoms in total. The zero-order chi connectivity index (χ0) is 26.7. The van der Waals surface area contributed by atoms with Crippen molar-refractivity contribution in [2.75, 3.05) is 39.8 Å². The number of halogens is 1. The van der Waals surface area contributed by atoms with E-state index in [1.807, 2.05) is 12.1 Å². The van der Waals surface area contributed by atoms with Crippen LogP contribution >= 0.6 is 12.4 Å². The molecule has 4 rings (SSSR count). The molecule has 0 radical (unpaired) electrons. The highest BCUT2D eigenvalue weighted by atomic mass is 35.5. The summed E-state index contributed by atoms with van der Waals surface area (Å²) in [4.78, 5) is 29.0. The van der Waals surface area contributed by atoms with Crippen molar-refractivity contribution in [2.24, 2.45) is 0 Å². The van der Waals surface area contributed by atoms with Gasteiger partial charge in [-0.25, -0.2) is 0 Å². The van der Waals surface area contributed by atoms with Gasteiger partial charge < -0.3 is 20.2 Å². The molecule has 3 aromatic carbocycles. The number of aliphatic hydroxyl groups excluding tert-OH is 1. The normalized spacial score (nSPS) is 14.0. The van der Waals surface area contributed by atoms with Crippen molar-refractivity contribution in [2.45, 2.75) is 37.6 Å². The van der Waals surface area contributed by atoms with Gasteiger partial charge in [0, 0.05) is 44.2 Å². The lowest BCUT2D eigenvalue weighted by Crippen LogP contribution is -2.45. The number of nitrogens with zero attached hydrogens (tertiary/aromatic N) is 2. The topological polar surface area (TPSA) is 72.9 Å². The summed E-state index contributed by atoms with van der Waals surface area (Å²) in [5, 5.41) is 12.2. The molecular formula is C32H40ClN3O3. The Hall–Kier alpha value is -3.19. The van der Waals surface area contributed by atoms with Crippen molar-refractivity contribution < 1.29 is 14.7 Å². The quantitative estimate of drug-likeness (QED) is 0.369. The largest absolute Gasteiger partial charge is 0.395 e. The molecule has 39 heavy (non-hydrogen) atoms. The molecule has 0 spiro atoms. The molecule has 2 amide bonds. The van der Waals surface area contributed by atoms with Crippen molar-refractivity contribution in [3.63, 3.8) is 0 Å². The zero-order valence-electron chi connectivity index (χ0n) is 22.7. The van der Waals surface area contributed by atoms with Crippen LogP contribution in [0.5, 0.6) is 0 Å². The zero-order valence-corrected chi connectivity index (χ0v) is 23.5. The number of nitrogens with one attached hydrogen (secondary N) is 1. The number of carbonyl (C=O) groups excluding carboxylic acids is 2. The number of hydrogen-bond donors (Lipinski definition) is 2. The lowest BCUT2D eigenvalue weighted by atomic mass is 9.88. The summed E-state index contributed by atoms with van der Waals surface area (Å²) in [6.07, 6.45) is 3.28. The van der Waals surface area contributed by atoms with Crippen molar-refractivity contribution >= 4 is 24.2 Å². The number of piperidine rings is 1. The van der Waals surface area contributed by atoms with Crippen LogP contribution in [0, 0.1) is 0 Å². The molecule has 0 aromatic heterocycles. The standard InChI is InChI=1S/C32H39N3O3.ClH/c1-34(22-23-36)32(38)28-14-12-25(13-15-28)24-31(37)33-29-16-19-35(20-17-29)21-18-30(26-8-4-2-5-9-26)27-10-6-3-7-11-27;/h2-15,29-30,36H,16-24H2,1H3,(H,33,37);1H. The van der Waals surface area contributed by atoms with E-state index in [4.69, 9.17) is 5.11 Å². The van der Waals surface area contributed by atoms with Crippen LogP contribution in [-0.4, -0.2) is 72.6 Å². The second-order valence-electron chi connectivity index (χ2n) is 10.2. The third-order valence-electron chi connectivity index (χ3n) is 7.44. The average molecular weight is 550 g/mol. The summed E-state index contributed by atoms with van der Waals surface area (Å²) in [5.74, 6) is 0.264. The molecular weight excluding hydrogens is 510 g/mol. The van der Waals surface area contributed by atoms with E-state index in [0.717, 1.165) is 44.5 Å². The molecule has 0 atom stereocenters. The monoisotopic (exact) mass is 549 g/mol. The lowest BCUT2D eigenvalue weighted by molar-refractivity contribution is -0.121. The SMILES string of the molecule is CN(CCO)C(=O)c1ccc(CC(=O)NC2CCN(CCC(c3ccccc3)c3ccccc3)CC2)cc1.Cl. The summed E-state index contributed by atoms with van der Waals surface area (Å²) in [7, 11) is 1.66. The number of aliphatic hydroxyl groups is 1. The van der Waals surface area contributed by atoms with Crippen LogP contribution < -0.4 is 5.32 Å². The Labute approximate surface area is 238 Å². The molecule has 3 aromatic rings. The maximum atomic E-state index is 12.7. The van der Waals surface area contributed by atoms with Gasteiger partial charge in [-0.2, -0.15) is 0 Å². The van der Waals surface area contributed by atoms with Crippen LogP contribution in [0.2, 0.25) is 0 Å². The second-order valence-corrected chi connectivity index (χ2v) is 10.2. The first-order chi connectivity index (χ1) is 18.5. The van der Waals surface area contributed by atoms with Crippen LogP contribution in [0.25, 0.3) is 0 Å². The molecule has 0 saturated carbocycles. The number of benzene rings is 3. The first kappa shape index (κ1) is 30.4. The van der Waals surface area contributed by atoms with Gasteiger partial charge in [-0.3, -0.25) is 9.59 Å². The summed E-state index contributed by atoms with van der Waals surface area (Å²) in [6.45, 7) is 3.23.